The van der Waals surface area contributed by atoms with Crippen LogP contribution >= 0.6 is 24.8 Å². The minimum Gasteiger partial charge on any atom is -0.481 e. The standard InChI is InChI=1S/2C4H6O4.2ClH/c2*5-3(6)1-2-4(7)8;;/h2*1-2H2,(H,5,6)(H,7,8);2*1H. The monoisotopic (exact) mass is 308 g/mol. The molecule has 4 N–H and O–H groups in total. The first kappa shape index (κ1) is 25.3. The summed E-state index contributed by atoms with van der Waals surface area (Å²) in [5.74, 6) is -4.31. The lowest BCUT2D eigenvalue weighted by atomic mass is 10.3. The lowest BCUT2D eigenvalue weighted by Gasteiger charge is -1.85. The molecule has 0 radical (unpaired) electrons. The van der Waals surface area contributed by atoms with Gasteiger partial charge in [0.1, 0.15) is 0 Å². The van der Waals surface area contributed by atoms with Crippen molar-refractivity contribution in [2.45, 2.75) is 25.7 Å². The SMILES string of the molecule is Cl.Cl.O=C(O)CCC(=O)O.O=C(O)CCC(=O)O. The van der Waals surface area contributed by atoms with Gasteiger partial charge in [0.15, 0.2) is 0 Å². The molecule has 0 aromatic carbocycles. The largest absolute Gasteiger partial charge is 0.481 e. The zero-order valence-corrected chi connectivity index (χ0v) is 10.7. The van der Waals surface area contributed by atoms with Gasteiger partial charge in [-0.3, -0.25) is 19.2 Å². The third kappa shape index (κ3) is 36.6. The summed E-state index contributed by atoms with van der Waals surface area (Å²) in [6, 6.07) is 0. The van der Waals surface area contributed by atoms with E-state index in [-0.39, 0.29) is 50.5 Å². The maximum absolute atomic E-state index is 9.64. The smallest absolute Gasteiger partial charge is 0.303 e. The van der Waals surface area contributed by atoms with Crippen LogP contribution in [0.3, 0.4) is 0 Å². The van der Waals surface area contributed by atoms with Crippen LogP contribution in [0.5, 0.6) is 0 Å². The summed E-state index contributed by atoms with van der Waals surface area (Å²) < 4.78 is 0. The Kier molecular flexibility index (Phi) is 21.8. The molecule has 108 valence electrons. The molecule has 0 unspecified atom stereocenters. The van der Waals surface area contributed by atoms with Gasteiger partial charge in [0, 0.05) is 0 Å². The van der Waals surface area contributed by atoms with Crippen LogP contribution < -0.4 is 0 Å². The van der Waals surface area contributed by atoms with Crippen LogP contribution in [-0.4, -0.2) is 44.3 Å². The summed E-state index contributed by atoms with van der Waals surface area (Å²) in [5.41, 5.74) is 0. The van der Waals surface area contributed by atoms with E-state index >= 15 is 0 Å². The van der Waals surface area contributed by atoms with E-state index in [4.69, 9.17) is 20.4 Å². The lowest BCUT2D eigenvalue weighted by molar-refractivity contribution is -0.143. The van der Waals surface area contributed by atoms with Crippen LogP contribution in [-0.2, 0) is 19.2 Å². The van der Waals surface area contributed by atoms with Gasteiger partial charge in [-0.25, -0.2) is 0 Å². The van der Waals surface area contributed by atoms with E-state index in [1.807, 2.05) is 0 Å². The Balaban J connectivity index is -0.0000000980. The molecule has 0 spiro atoms. The predicted octanol–water partition coefficient (Wildman–Crippen LogP) is 0.715. The van der Waals surface area contributed by atoms with Gasteiger partial charge in [0.2, 0.25) is 0 Å². The van der Waals surface area contributed by atoms with Crippen molar-refractivity contribution in [2.24, 2.45) is 0 Å². The quantitative estimate of drug-likeness (QED) is 0.560. The number of rotatable bonds is 6. The summed E-state index contributed by atoms with van der Waals surface area (Å²) >= 11 is 0. The summed E-state index contributed by atoms with van der Waals surface area (Å²) in [7, 11) is 0. The second-order valence-corrected chi connectivity index (χ2v) is 2.57. The highest BCUT2D eigenvalue weighted by molar-refractivity contribution is 5.85. The molecule has 0 aromatic heterocycles. The molecule has 8 nitrogen and oxygen atoms in total. The topological polar surface area (TPSA) is 149 Å². The van der Waals surface area contributed by atoms with Gasteiger partial charge in [0.25, 0.3) is 0 Å². The summed E-state index contributed by atoms with van der Waals surface area (Å²) in [5, 5.41) is 31.6. The van der Waals surface area contributed by atoms with Crippen LogP contribution in [0.15, 0.2) is 0 Å². The van der Waals surface area contributed by atoms with Crippen molar-refractivity contribution in [1.29, 1.82) is 0 Å². The second kappa shape index (κ2) is 15.5. The Morgan fingerprint density at radius 1 is 0.500 bits per heavy atom. The van der Waals surface area contributed by atoms with Gasteiger partial charge >= 0.3 is 23.9 Å². The van der Waals surface area contributed by atoms with Crippen LogP contribution in [0.25, 0.3) is 0 Å². The van der Waals surface area contributed by atoms with Crippen molar-refractivity contribution in [3.05, 3.63) is 0 Å². The fourth-order valence-electron chi connectivity index (χ4n) is 0.428. The molecule has 0 bridgehead atoms. The van der Waals surface area contributed by atoms with E-state index in [9.17, 15) is 19.2 Å². The fourth-order valence-corrected chi connectivity index (χ4v) is 0.428. The average molecular weight is 309 g/mol. The number of halogens is 2. The van der Waals surface area contributed by atoms with Crippen molar-refractivity contribution >= 4 is 48.7 Å². The molecule has 0 aromatic rings. The van der Waals surface area contributed by atoms with Gasteiger partial charge in [0.05, 0.1) is 25.7 Å². The van der Waals surface area contributed by atoms with Crippen molar-refractivity contribution < 1.29 is 39.6 Å². The van der Waals surface area contributed by atoms with Crippen molar-refractivity contribution in [3.63, 3.8) is 0 Å². The minimum absolute atomic E-state index is 0. The average Bonchev–Trinajstić information content (AvgIpc) is 2.12. The van der Waals surface area contributed by atoms with Crippen molar-refractivity contribution in [1.82, 2.24) is 0 Å². The Morgan fingerprint density at radius 3 is 0.667 bits per heavy atom. The van der Waals surface area contributed by atoms with E-state index in [0.29, 0.717) is 0 Å². The molecule has 10 heteroatoms. The van der Waals surface area contributed by atoms with Gasteiger partial charge in [-0.2, -0.15) is 0 Å². The molecular formula is C8H14Cl2O8. The van der Waals surface area contributed by atoms with E-state index in [2.05, 4.69) is 0 Å². The van der Waals surface area contributed by atoms with Crippen LogP contribution in [0.1, 0.15) is 25.7 Å². The highest BCUT2D eigenvalue weighted by Crippen LogP contribution is 1.86. The van der Waals surface area contributed by atoms with E-state index in [0.717, 1.165) is 0 Å². The number of hydrogen-bond donors (Lipinski definition) is 4. The molecule has 0 atom stereocenters. The lowest BCUT2D eigenvalue weighted by Crippen LogP contribution is -2.00. The van der Waals surface area contributed by atoms with Gasteiger partial charge in [-0.15, -0.1) is 24.8 Å². The minimum atomic E-state index is -1.08. The van der Waals surface area contributed by atoms with Crippen LogP contribution in [0, 0.1) is 0 Å². The van der Waals surface area contributed by atoms with Gasteiger partial charge in [-0.1, -0.05) is 0 Å². The predicted molar refractivity (Wildman–Crippen MR) is 63.5 cm³/mol. The molecule has 0 aliphatic heterocycles. The zero-order valence-electron chi connectivity index (χ0n) is 9.07. The third-order valence-electron chi connectivity index (χ3n) is 1.11. The Morgan fingerprint density at radius 2 is 0.611 bits per heavy atom. The molecule has 0 rings (SSSR count). The molecule has 0 saturated heterocycles. The zero-order chi connectivity index (χ0) is 13.1. The first-order valence-corrected chi connectivity index (χ1v) is 4.13. The number of carboxylic acid groups (broad SMARTS) is 4. The normalized spacial score (nSPS) is 7.56. The van der Waals surface area contributed by atoms with E-state index in [1.54, 1.807) is 0 Å². The van der Waals surface area contributed by atoms with Gasteiger partial charge < -0.3 is 20.4 Å². The summed E-state index contributed by atoms with van der Waals surface area (Å²) in [6.45, 7) is 0. The molecule has 0 heterocycles. The maximum atomic E-state index is 9.64. The molecule has 0 saturated carbocycles. The molecule has 0 amide bonds. The number of carbonyl (C=O) groups is 4. The molecule has 18 heavy (non-hydrogen) atoms. The van der Waals surface area contributed by atoms with Gasteiger partial charge in [-0.05, 0) is 0 Å². The summed E-state index contributed by atoms with van der Waals surface area (Å²) in [4.78, 5) is 38.6. The molecule has 0 fully saturated rings. The highest BCUT2D eigenvalue weighted by Gasteiger charge is 2.00. The number of aliphatic carboxylic acids is 4. The van der Waals surface area contributed by atoms with Crippen LogP contribution in [0.4, 0.5) is 0 Å². The summed E-state index contributed by atoms with van der Waals surface area (Å²) in [6.07, 6.45) is -1.19. The Hall–Kier alpha value is -1.54. The third-order valence-corrected chi connectivity index (χ3v) is 1.11. The first-order chi connectivity index (χ1) is 7.25. The molecule has 0 aliphatic carbocycles. The number of carboxylic acids is 4. The Labute approximate surface area is 114 Å². The maximum Gasteiger partial charge on any atom is 0.303 e. The molecular weight excluding hydrogens is 295 g/mol. The molecule has 0 aliphatic rings. The fraction of sp³-hybridized carbons (Fsp3) is 0.500. The van der Waals surface area contributed by atoms with Crippen molar-refractivity contribution in [2.75, 3.05) is 0 Å². The highest BCUT2D eigenvalue weighted by atomic mass is 35.5. The van der Waals surface area contributed by atoms with Crippen molar-refractivity contribution in [3.8, 4) is 0 Å². The van der Waals surface area contributed by atoms with Crippen LogP contribution in [0.2, 0.25) is 0 Å². The van der Waals surface area contributed by atoms with E-state index in [1.165, 1.54) is 0 Å². The van der Waals surface area contributed by atoms with E-state index < -0.39 is 23.9 Å². The first-order valence-electron chi connectivity index (χ1n) is 4.13. The number of hydrogen-bond acceptors (Lipinski definition) is 4. The Bertz CT molecular complexity index is 222. The second-order valence-electron chi connectivity index (χ2n) is 2.57.